The lowest BCUT2D eigenvalue weighted by Crippen LogP contribution is -2.07. The van der Waals surface area contributed by atoms with Crippen molar-refractivity contribution in [2.24, 2.45) is 0 Å². The molecule has 1 nitrogen and oxygen atoms in total. The summed E-state index contributed by atoms with van der Waals surface area (Å²) in [7, 11) is 0. The quantitative estimate of drug-likeness (QED) is 0.861. The monoisotopic (exact) mass is 316 g/mol. The Bertz CT molecular complexity index is 329. The smallest absolute Gasteiger partial charge is 0.388 e. The summed E-state index contributed by atoms with van der Waals surface area (Å²) < 4.78 is 36.6. The minimum atomic E-state index is -4.13. The zero-order valence-electron chi connectivity index (χ0n) is 8.64. The third kappa shape index (κ3) is 4.43. The Morgan fingerprint density at radius 3 is 2.56 bits per heavy atom. The first-order chi connectivity index (χ1) is 7.29. The molecule has 0 saturated heterocycles. The van der Waals surface area contributed by atoms with Gasteiger partial charge in [0.25, 0.3) is 0 Å². The minimum Gasteiger partial charge on any atom is -0.388 e. The van der Waals surface area contributed by atoms with Crippen molar-refractivity contribution in [3.8, 4) is 0 Å². The number of hydrogen-bond acceptors (Lipinski definition) is 2. The molecule has 1 unspecified atom stereocenters. The Morgan fingerprint density at radius 1 is 1.50 bits per heavy atom. The van der Waals surface area contributed by atoms with Gasteiger partial charge >= 0.3 is 6.18 Å². The first kappa shape index (κ1) is 14.0. The second-order valence-electron chi connectivity index (χ2n) is 3.58. The van der Waals surface area contributed by atoms with Crippen LogP contribution < -0.4 is 0 Å². The third-order valence-electron chi connectivity index (χ3n) is 2.14. The molecule has 0 spiro atoms. The molecule has 16 heavy (non-hydrogen) atoms. The largest absolute Gasteiger partial charge is 0.389 e. The summed E-state index contributed by atoms with van der Waals surface area (Å²) in [5.74, 6) is 0. The average molecular weight is 317 g/mol. The van der Waals surface area contributed by atoms with Gasteiger partial charge in [0.2, 0.25) is 0 Å². The molecule has 0 fully saturated rings. The molecule has 1 N–H and O–H groups in total. The summed E-state index contributed by atoms with van der Waals surface area (Å²) in [6, 6.07) is 1.76. The van der Waals surface area contributed by atoms with Crippen LogP contribution in [0.3, 0.4) is 0 Å². The van der Waals surface area contributed by atoms with E-state index in [1.165, 1.54) is 11.3 Å². The van der Waals surface area contributed by atoms with E-state index in [1.807, 2.05) is 6.92 Å². The SMILES string of the molecule is Cc1sc(C(O)CCCC(F)(F)F)cc1Br. The molecule has 92 valence electrons. The molecular weight excluding hydrogens is 305 g/mol. The highest BCUT2D eigenvalue weighted by Crippen LogP contribution is 2.33. The molecule has 0 radical (unpaired) electrons. The zero-order valence-corrected chi connectivity index (χ0v) is 11.0. The van der Waals surface area contributed by atoms with Crippen LogP contribution in [0.1, 0.15) is 35.1 Å². The number of halogens is 4. The maximum Gasteiger partial charge on any atom is 0.389 e. The summed E-state index contributed by atoms with van der Waals surface area (Å²) in [5.41, 5.74) is 0. The van der Waals surface area contributed by atoms with Crippen molar-refractivity contribution in [3.05, 3.63) is 20.3 Å². The van der Waals surface area contributed by atoms with E-state index < -0.39 is 18.7 Å². The second-order valence-corrected chi connectivity index (χ2v) is 5.72. The van der Waals surface area contributed by atoms with Crippen LogP contribution in [0.25, 0.3) is 0 Å². The standard InChI is InChI=1S/C10H12BrF3OS/c1-6-7(11)5-9(16-6)8(15)3-2-4-10(12,13)14/h5,8,15H,2-4H2,1H3. The van der Waals surface area contributed by atoms with Crippen molar-refractivity contribution in [2.75, 3.05) is 0 Å². The first-order valence-electron chi connectivity index (χ1n) is 4.80. The molecule has 0 bridgehead atoms. The lowest BCUT2D eigenvalue weighted by Gasteiger charge is -2.09. The predicted molar refractivity (Wildman–Crippen MR) is 61.6 cm³/mol. The Labute approximate surface area is 104 Å². The van der Waals surface area contributed by atoms with Crippen LogP contribution in [0.15, 0.2) is 10.5 Å². The number of alkyl halides is 3. The van der Waals surface area contributed by atoms with Crippen molar-refractivity contribution in [1.29, 1.82) is 0 Å². The third-order valence-corrected chi connectivity index (χ3v) is 4.38. The van der Waals surface area contributed by atoms with Gasteiger partial charge < -0.3 is 5.11 Å². The summed E-state index contributed by atoms with van der Waals surface area (Å²) in [6.07, 6.45) is -5.66. The van der Waals surface area contributed by atoms with Crippen molar-refractivity contribution in [2.45, 2.75) is 38.5 Å². The van der Waals surface area contributed by atoms with Crippen LogP contribution in [0.4, 0.5) is 13.2 Å². The molecule has 1 rings (SSSR count). The van der Waals surface area contributed by atoms with Gasteiger partial charge in [-0.15, -0.1) is 11.3 Å². The maximum atomic E-state index is 11.9. The summed E-state index contributed by atoms with van der Waals surface area (Å²) >= 11 is 4.71. The topological polar surface area (TPSA) is 20.2 Å². The van der Waals surface area contributed by atoms with E-state index in [2.05, 4.69) is 15.9 Å². The van der Waals surface area contributed by atoms with Gasteiger partial charge in [0, 0.05) is 20.6 Å². The fraction of sp³-hybridized carbons (Fsp3) is 0.600. The number of aliphatic hydroxyl groups is 1. The zero-order chi connectivity index (χ0) is 12.3. The molecular formula is C10H12BrF3OS. The lowest BCUT2D eigenvalue weighted by atomic mass is 10.1. The minimum absolute atomic E-state index is 0.0424. The van der Waals surface area contributed by atoms with Crippen molar-refractivity contribution in [3.63, 3.8) is 0 Å². The van der Waals surface area contributed by atoms with Crippen molar-refractivity contribution >= 4 is 27.3 Å². The van der Waals surface area contributed by atoms with E-state index in [4.69, 9.17) is 0 Å². The van der Waals surface area contributed by atoms with E-state index in [0.29, 0.717) is 4.88 Å². The van der Waals surface area contributed by atoms with Gasteiger partial charge in [-0.05, 0) is 41.8 Å². The van der Waals surface area contributed by atoms with Gasteiger partial charge in [-0.2, -0.15) is 13.2 Å². The maximum absolute atomic E-state index is 11.9. The van der Waals surface area contributed by atoms with E-state index in [-0.39, 0.29) is 12.8 Å². The molecule has 0 aliphatic rings. The Morgan fingerprint density at radius 2 is 2.12 bits per heavy atom. The van der Waals surface area contributed by atoms with Gasteiger partial charge in [-0.3, -0.25) is 0 Å². The first-order valence-corrected chi connectivity index (χ1v) is 6.41. The summed E-state index contributed by atoms with van der Waals surface area (Å²) in [5, 5.41) is 9.68. The Hall–Kier alpha value is -0.0700. The Balaban J connectivity index is 2.44. The van der Waals surface area contributed by atoms with Crippen molar-refractivity contribution < 1.29 is 18.3 Å². The molecule has 0 aromatic carbocycles. The summed E-state index contributed by atoms with van der Waals surface area (Å²) in [4.78, 5) is 1.73. The van der Waals surface area contributed by atoms with Crippen LogP contribution in [-0.4, -0.2) is 11.3 Å². The van der Waals surface area contributed by atoms with Crippen LogP contribution >= 0.6 is 27.3 Å². The van der Waals surface area contributed by atoms with Crippen LogP contribution in [0.5, 0.6) is 0 Å². The van der Waals surface area contributed by atoms with Gasteiger partial charge in [0.05, 0.1) is 6.10 Å². The number of thiophene rings is 1. The molecule has 6 heteroatoms. The molecule has 1 heterocycles. The fourth-order valence-corrected chi connectivity index (χ4v) is 2.87. The van der Waals surface area contributed by atoms with E-state index in [1.54, 1.807) is 6.07 Å². The number of hydrogen-bond donors (Lipinski definition) is 1. The normalized spacial score (nSPS) is 14.1. The molecule has 0 saturated carbocycles. The molecule has 1 aromatic heterocycles. The van der Waals surface area contributed by atoms with Gasteiger partial charge in [-0.25, -0.2) is 0 Å². The van der Waals surface area contributed by atoms with Crippen LogP contribution in [0.2, 0.25) is 0 Å². The van der Waals surface area contributed by atoms with E-state index in [0.717, 1.165) is 9.35 Å². The van der Waals surface area contributed by atoms with Gasteiger partial charge in [-0.1, -0.05) is 0 Å². The molecule has 0 aliphatic heterocycles. The summed E-state index contributed by atoms with van der Waals surface area (Å²) in [6.45, 7) is 1.89. The number of aliphatic hydroxyl groups excluding tert-OH is 1. The fourth-order valence-electron chi connectivity index (χ4n) is 1.28. The Kier molecular flexibility index (Phi) is 4.82. The predicted octanol–water partition coefficient (Wildman–Crippen LogP) is 4.59. The molecule has 1 atom stereocenters. The van der Waals surface area contributed by atoms with Crippen molar-refractivity contribution in [1.82, 2.24) is 0 Å². The lowest BCUT2D eigenvalue weighted by molar-refractivity contribution is -0.136. The highest BCUT2D eigenvalue weighted by atomic mass is 79.9. The molecule has 0 amide bonds. The molecule has 1 aromatic rings. The highest BCUT2D eigenvalue weighted by Gasteiger charge is 2.26. The highest BCUT2D eigenvalue weighted by molar-refractivity contribution is 9.10. The number of aryl methyl sites for hydroxylation is 1. The van der Waals surface area contributed by atoms with Gasteiger partial charge in [0.1, 0.15) is 0 Å². The number of rotatable bonds is 4. The van der Waals surface area contributed by atoms with E-state index in [9.17, 15) is 18.3 Å². The average Bonchev–Trinajstić information content (AvgIpc) is 2.45. The second kappa shape index (κ2) is 5.51. The van der Waals surface area contributed by atoms with Crippen LogP contribution in [0, 0.1) is 6.92 Å². The molecule has 0 aliphatic carbocycles. The van der Waals surface area contributed by atoms with Gasteiger partial charge in [0.15, 0.2) is 0 Å². The van der Waals surface area contributed by atoms with Crippen LogP contribution in [-0.2, 0) is 0 Å². The van der Waals surface area contributed by atoms with E-state index >= 15 is 0 Å².